The quantitative estimate of drug-likeness (QED) is 0.193. The summed E-state index contributed by atoms with van der Waals surface area (Å²) in [5.74, 6) is -6.05. The van der Waals surface area contributed by atoms with Crippen LogP contribution in [0, 0.1) is 37.1 Å². The third-order valence-electron chi connectivity index (χ3n) is 4.36. The molecular weight excluding hydrogens is 420 g/mol. The Morgan fingerprint density at radius 3 is 2.57 bits per heavy atom. The molecule has 0 aliphatic carbocycles. The van der Waals surface area contributed by atoms with E-state index < -0.39 is 35.4 Å². The highest BCUT2D eigenvalue weighted by atomic mass is 32.1. The molecule has 0 spiro atoms. The average molecular weight is 440 g/mol. The van der Waals surface area contributed by atoms with Gasteiger partial charge in [-0.05, 0) is 38.6 Å². The van der Waals surface area contributed by atoms with E-state index >= 15 is 0 Å². The summed E-state index contributed by atoms with van der Waals surface area (Å²) in [7, 11) is 0. The number of hydrogen-bond acceptors (Lipinski definition) is 3. The Morgan fingerprint density at radius 2 is 1.87 bits per heavy atom. The van der Waals surface area contributed by atoms with Gasteiger partial charge in [0.2, 0.25) is 0 Å². The van der Waals surface area contributed by atoms with Crippen LogP contribution < -0.4 is 10.6 Å². The van der Waals surface area contributed by atoms with Gasteiger partial charge in [-0.3, -0.25) is 9.36 Å². The summed E-state index contributed by atoms with van der Waals surface area (Å²) < 4.78 is 57.1. The fraction of sp³-hybridized carbons (Fsp3) is 0.316. The van der Waals surface area contributed by atoms with Crippen molar-refractivity contribution in [2.75, 3.05) is 11.9 Å². The number of benzene rings is 1. The summed E-state index contributed by atoms with van der Waals surface area (Å²) >= 11 is 5.22. The molecule has 30 heavy (non-hydrogen) atoms. The highest BCUT2D eigenvalue weighted by Crippen LogP contribution is 2.20. The molecule has 0 saturated heterocycles. The van der Waals surface area contributed by atoms with E-state index in [1.54, 1.807) is 0 Å². The molecule has 11 heteroatoms. The first kappa shape index (κ1) is 21.8. The molecule has 160 valence electrons. The van der Waals surface area contributed by atoms with Crippen molar-refractivity contribution >= 4 is 23.0 Å². The van der Waals surface area contributed by atoms with E-state index in [2.05, 4.69) is 20.8 Å². The van der Waals surface area contributed by atoms with E-state index in [9.17, 15) is 17.6 Å². The molecule has 3 aromatic rings. The van der Waals surface area contributed by atoms with Gasteiger partial charge in [0.25, 0.3) is 0 Å². The van der Waals surface area contributed by atoms with E-state index in [1.165, 1.54) is 17.1 Å². The van der Waals surface area contributed by atoms with Crippen LogP contribution in [0.5, 0.6) is 0 Å². The summed E-state index contributed by atoms with van der Waals surface area (Å²) in [6.45, 7) is 4.90. The maximum Gasteiger partial charge on any atom is 0.194 e. The molecule has 0 aliphatic heterocycles. The van der Waals surface area contributed by atoms with Crippen LogP contribution >= 0.6 is 12.2 Å². The first-order valence-corrected chi connectivity index (χ1v) is 9.55. The zero-order valence-electron chi connectivity index (χ0n) is 16.3. The Bertz CT molecular complexity index is 1060. The molecule has 1 aromatic carbocycles. The van der Waals surface area contributed by atoms with E-state index in [4.69, 9.17) is 12.2 Å². The Labute approximate surface area is 175 Å². The summed E-state index contributed by atoms with van der Waals surface area (Å²) in [6, 6.07) is 2.32. The number of thiocarbonyl (C=S) groups is 1. The number of hydrogen-bond donors (Lipinski definition) is 2. The van der Waals surface area contributed by atoms with E-state index in [-0.39, 0.29) is 0 Å². The number of aryl methyl sites for hydroxylation is 3. The normalized spacial score (nSPS) is 11.0. The Hall–Kier alpha value is -2.95. The topological polar surface area (TPSA) is 59.7 Å². The molecule has 3 rings (SSSR count). The second kappa shape index (κ2) is 9.24. The molecule has 2 N–H and O–H groups in total. The standard InChI is InChI=1S/C19H20F4N6S/c1-11-6-12(2)29(27-11)5-3-4-24-19(30)26-13-8-25-28(9-13)10-14-15(20)7-16(21)18(23)17(14)22/h6-9H,3-5,10H2,1-2H3,(H2,24,26,30). The van der Waals surface area contributed by atoms with Gasteiger partial charge in [0, 0.05) is 36.6 Å². The molecule has 2 aromatic heterocycles. The Morgan fingerprint density at radius 1 is 1.10 bits per heavy atom. The predicted molar refractivity (Wildman–Crippen MR) is 108 cm³/mol. The molecule has 6 nitrogen and oxygen atoms in total. The monoisotopic (exact) mass is 440 g/mol. The van der Waals surface area contributed by atoms with Gasteiger partial charge in [-0.2, -0.15) is 10.2 Å². The van der Waals surface area contributed by atoms with Crippen molar-refractivity contribution < 1.29 is 17.6 Å². The van der Waals surface area contributed by atoms with Crippen LogP contribution in [0.3, 0.4) is 0 Å². The minimum absolute atomic E-state index is 0.307. The lowest BCUT2D eigenvalue weighted by Gasteiger charge is -2.09. The van der Waals surface area contributed by atoms with Gasteiger partial charge < -0.3 is 10.6 Å². The fourth-order valence-electron chi connectivity index (χ4n) is 2.93. The summed E-state index contributed by atoms with van der Waals surface area (Å²) in [4.78, 5) is 0. The van der Waals surface area contributed by atoms with E-state index in [1.807, 2.05) is 24.6 Å². The molecule has 0 atom stereocenters. The molecule has 0 fully saturated rings. The third kappa shape index (κ3) is 5.15. The minimum Gasteiger partial charge on any atom is -0.362 e. The second-order valence-corrected chi connectivity index (χ2v) is 7.17. The van der Waals surface area contributed by atoms with Gasteiger partial charge in [0.15, 0.2) is 22.6 Å². The van der Waals surface area contributed by atoms with Crippen molar-refractivity contribution in [1.29, 1.82) is 0 Å². The number of halogens is 4. The van der Waals surface area contributed by atoms with Gasteiger partial charge in [0.05, 0.1) is 24.1 Å². The first-order chi connectivity index (χ1) is 14.2. The molecule has 2 heterocycles. The molecule has 0 unspecified atom stereocenters. The molecule has 0 saturated carbocycles. The fourth-order valence-corrected chi connectivity index (χ4v) is 3.15. The lowest BCUT2D eigenvalue weighted by molar-refractivity contribution is 0.420. The summed E-state index contributed by atoms with van der Waals surface area (Å²) in [6.07, 6.45) is 3.65. The van der Waals surface area contributed by atoms with Gasteiger partial charge in [0.1, 0.15) is 5.82 Å². The number of nitrogens with zero attached hydrogens (tertiary/aromatic N) is 4. The smallest absolute Gasteiger partial charge is 0.194 e. The van der Waals surface area contributed by atoms with Crippen LogP contribution in [0.2, 0.25) is 0 Å². The third-order valence-corrected chi connectivity index (χ3v) is 4.60. The number of rotatable bonds is 7. The van der Waals surface area contributed by atoms with Crippen LogP contribution in [0.4, 0.5) is 23.2 Å². The molecule has 0 aliphatic rings. The lowest BCUT2D eigenvalue weighted by Crippen LogP contribution is -2.29. The largest absolute Gasteiger partial charge is 0.362 e. The Kier molecular flexibility index (Phi) is 6.70. The molecule has 0 radical (unpaired) electrons. The van der Waals surface area contributed by atoms with Gasteiger partial charge in [-0.1, -0.05) is 0 Å². The van der Waals surface area contributed by atoms with Crippen LogP contribution in [-0.4, -0.2) is 31.2 Å². The highest BCUT2D eigenvalue weighted by molar-refractivity contribution is 7.80. The van der Waals surface area contributed by atoms with Crippen molar-refractivity contribution in [3.8, 4) is 0 Å². The van der Waals surface area contributed by atoms with Crippen LogP contribution in [0.15, 0.2) is 24.5 Å². The molecule has 0 amide bonds. The Balaban J connectivity index is 1.50. The molecule has 0 bridgehead atoms. The zero-order chi connectivity index (χ0) is 21.8. The highest BCUT2D eigenvalue weighted by Gasteiger charge is 2.19. The second-order valence-electron chi connectivity index (χ2n) is 6.76. The van der Waals surface area contributed by atoms with Gasteiger partial charge >= 0.3 is 0 Å². The minimum atomic E-state index is -1.72. The maximum absolute atomic E-state index is 13.8. The average Bonchev–Trinajstić information content (AvgIpc) is 3.25. The zero-order valence-corrected chi connectivity index (χ0v) is 17.2. The number of aromatic nitrogens is 4. The SMILES string of the molecule is Cc1cc(C)n(CCCNC(=S)Nc2cnn(Cc3c(F)cc(F)c(F)c3F)c2)n1. The van der Waals surface area contributed by atoms with E-state index in [0.717, 1.165) is 24.4 Å². The van der Waals surface area contributed by atoms with Crippen LogP contribution in [0.1, 0.15) is 23.4 Å². The lowest BCUT2D eigenvalue weighted by atomic mass is 10.2. The van der Waals surface area contributed by atoms with Crippen molar-refractivity contribution in [3.05, 3.63) is 64.7 Å². The molecular formula is C19H20F4N6S. The van der Waals surface area contributed by atoms with Gasteiger partial charge in [-0.25, -0.2) is 17.6 Å². The number of anilines is 1. The van der Waals surface area contributed by atoms with Crippen LogP contribution in [0.25, 0.3) is 0 Å². The number of nitrogens with one attached hydrogen (secondary N) is 2. The van der Waals surface area contributed by atoms with Crippen LogP contribution in [-0.2, 0) is 13.1 Å². The van der Waals surface area contributed by atoms with E-state index in [0.29, 0.717) is 23.4 Å². The summed E-state index contributed by atoms with van der Waals surface area (Å²) in [5.41, 5.74) is 1.93. The van der Waals surface area contributed by atoms with Crippen molar-refractivity contribution in [2.45, 2.75) is 33.4 Å². The first-order valence-electron chi connectivity index (χ1n) is 9.15. The summed E-state index contributed by atoms with van der Waals surface area (Å²) in [5, 5.41) is 14.6. The van der Waals surface area contributed by atoms with Crippen molar-refractivity contribution in [1.82, 2.24) is 24.9 Å². The van der Waals surface area contributed by atoms with Gasteiger partial charge in [-0.15, -0.1) is 0 Å². The maximum atomic E-state index is 13.8. The predicted octanol–water partition coefficient (Wildman–Crippen LogP) is 3.68. The van der Waals surface area contributed by atoms with Crippen molar-refractivity contribution in [2.24, 2.45) is 0 Å². The van der Waals surface area contributed by atoms with Crippen molar-refractivity contribution in [3.63, 3.8) is 0 Å².